The van der Waals surface area contributed by atoms with E-state index < -0.39 is 0 Å². The van der Waals surface area contributed by atoms with Gasteiger partial charge in [0.05, 0.1) is 14.2 Å². The largest absolute Gasteiger partial charge is 0.493 e. The van der Waals surface area contributed by atoms with Crippen LogP contribution in [-0.2, 0) is 13.0 Å². The fourth-order valence-electron chi connectivity index (χ4n) is 4.95. The van der Waals surface area contributed by atoms with E-state index in [1.54, 1.807) is 14.2 Å². The number of aromatic nitrogens is 4. The standard InChI is InChI=1S/C28H32N6O2/c1-35-25-15-9-14-24(27(25)36-2)26(33-20-18-32(19-21-33)23-12-7-4-8-13-23)28-29-30-31-34(28)17-16-22-10-5-3-6-11-22/h3-15,26H,16-21H2,1-2H3/t26-/m0/s1. The molecule has 186 valence electrons. The third-order valence-corrected chi connectivity index (χ3v) is 6.79. The zero-order valence-electron chi connectivity index (χ0n) is 20.8. The van der Waals surface area contributed by atoms with Crippen LogP contribution in [-0.4, -0.2) is 65.5 Å². The molecular weight excluding hydrogens is 452 g/mol. The van der Waals surface area contributed by atoms with E-state index in [4.69, 9.17) is 9.47 Å². The fraction of sp³-hybridized carbons (Fsp3) is 0.321. The molecule has 0 radical (unpaired) electrons. The quantitative estimate of drug-likeness (QED) is 0.358. The van der Waals surface area contributed by atoms with Crippen molar-refractivity contribution in [1.82, 2.24) is 25.1 Å². The SMILES string of the molecule is COc1cccc([C@@H](c2nnnn2CCc2ccccc2)N2CCN(c3ccccc3)CC2)c1OC. The van der Waals surface area contributed by atoms with Crippen molar-refractivity contribution >= 4 is 5.69 Å². The van der Waals surface area contributed by atoms with Gasteiger partial charge in [-0.15, -0.1) is 5.10 Å². The molecule has 0 unspecified atom stereocenters. The monoisotopic (exact) mass is 484 g/mol. The molecular formula is C28H32N6O2. The predicted molar refractivity (Wildman–Crippen MR) is 140 cm³/mol. The summed E-state index contributed by atoms with van der Waals surface area (Å²) in [6, 6.07) is 26.8. The van der Waals surface area contributed by atoms with Crippen LogP contribution in [0.15, 0.2) is 78.9 Å². The lowest BCUT2D eigenvalue weighted by atomic mass is 10.0. The molecule has 1 aromatic heterocycles. The molecule has 3 aromatic carbocycles. The van der Waals surface area contributed by atoms with E-state index in [2.05, 4.69) is 86.0 Å². The molecule has 0 spiro atoms. The number of anilines is 1. The first-order valence-electron chi connectivity index (χ1n) is 12.3. The number of aryl methyl sites for hydroxylation is 2. The molecule has 36 heavy (non-hydrogen) atoms. The van der Waals surface area contributed by atoms with Gasteiger partial charge in [0.15, 0.2) is 17.3 Å². The highest BCUT2D eigenvalue weighted by Crippen LogP contribution is 2.40. The Bertz CT molecular complexity index is 1240. The number of methoxy groups -OCH3 is 2. The minimum Gasteiger partial charge on any atom is -0.493 e. The summed E-state index contributed by atoms with van der Waals surface area (Å²) in [5, 5.41) is 13.0. The normalized spacial score (nSPS) is 15.0. The summed E-state index contributed by atoms with van der Waals surface area (Å²) in [7, 11) is 3.35. The van der Waals surface area contributed by atoms with E-state index in [-0.39, 0.29) is 6.04 Å². The Hall–Kier alpha value is -3.91. The molecule has 8 nitrogen and oxygen atoms in total. The maximum Gasteiger partial charge on any atom is 0.173 e. The van der Waals surface area contributed by atoms with E-state index in [1.807, 2.05) is 22.9 Å². The number of benzene rings is 3. The maximum atomic E-state index is 5.86. The lowest BCUT2D eigenvalue weighted by Crippen LogP contribution is -2.48. The minimum atomic E-state index is -0.168. The third kappa shape index (κ3) is 5.04. The van der Waals surface area contributed by atoms with Crippen LogP contribution in [0.5, 0.6) is 11.5 Å². The molecule has 8 heteroatoms. The van der Waals surface area contributed by atoms with E-state index >= 15 is 0 Å². The molecule has 0 saturated carbocycles. The molecule has 4 aromatic rings. The average molecular weight is 485 g/mol. The van der Waals surface area contributed by atoms with Gasteiger partial charge in [-0.2, -0.15) is 0 Å². The minimum absolute atomic E-state index is 0.168. The Kier molecular flexibility index (Phi) is 7.42. The summed E-state index contributed by atoms with van der Waals surface area (Å²) < 4.78 is 13.4. The van der Waals surface area contributed by atoms with Crippen molar-refractivity contribution in [3.8, 4) is 11.5 Å². The predicted octanol–water partition coefficient (Wildman–Crippen LogP) is 3.84. The molecule has 0 amide bonds. The molecule has 0 bridgehead atoms. The van der Waals surface area contributed by atoms with Gasteiger partial charge in [-0.1, -0.05) is 60.7 Å². The highest BCUT2D eigenvalue weighted by Gasteiger charge is 2.33. The van der Waals surface area contributed by atoms with Crippen LogP contribution in [0.3, 0.4) is 0 Å². The highest BCUT2D eigenvalue weighted by atomic mass is 16.5. The van der Waals surface area contributed by atoms with Crippen LogP contribution >= 0.6 is 0 Å². The Morgan fingerprint density at radius 3 is 2.22 bits per heavy atom. The summed E-state index contributed by atoms with van der Waals surface area (Å²) in [4.78, 5) is 4.87. The Balaban J connectivity index is 1.46. The molecule has 1 fully saturated rings. The van der Waals surface area contributed by atoms with Crippen molar-refractivity contribution in [2.75, 3.05) is 45.3 Å². The highest BCUT2D eigenvalue weighted by molar-refractivity contribution is 5.50. The van der Waals surface area contributed by atoms with Crippen LogP contribution in [0.4, 0.5) is 5.69 Å². The molecule has 1 aliphatic heterocycles. The van der Waals surface area contributed by atoms with Gasteiger partial charge < -0.3 is 14.4 Å². The second-order valence-electron chi connectivity index (χ2n) is 8.84. The first kappa shape index (κ1) is 23.8. The van der Waals surface area contributed by atoms with Crippen molar-refractivity contribution in [1.29, 1.82) is 0 Å². The van der Waals surface area contributed by atoms with Gasteiger partial charge >= 0.3 is 0 Å². The average Bonchev–Trinajstić information content (AvgIpc) is 3.41. The van der Waals surface area contributed by atoms with Gasteiger partial charge in [0.2, 0.25) is 0 Å². The van der Waals surface area contributed by atoms with E-state index in [1.165, 1.54) is 11.3 Å². The van der Waals surface area contributed by atoms with Gasteiger partial charge in [0.1, 0.15) is 6.04 Å². The number of hydrogen-bond donors (Lipinski definition) is 0. The number of nitrogens with zero attached hydrogens (tertiary/aromatic N) is 6. The van der Waals surface area contributed by atoms with Gasteiger partial charge in [-0.3, -0.25) is 4.90 Å². The summed E-state index contributed by atoms with van der Waals surface area (Å²) in [6.45, 7) is 4.26. The van der Waals surface area contributed by atoms with E-state index in [0.29, 0.717) is 18.0 Å². The zero-order valence-corrected chi connectivity index (χ0v) is 20.8. The Labute approximate surface area is 212 Å². The molecule has 1 atom stereocenters. The summed E-state index contributed by atoms with van der Waals surface area (Å²) in [5.74, 6) is 2.23. The van der Waals surface area contributed by atoms with Gasteiger partial charge in [-0.25, -0.2) is 4.68 Å². The molecule has 5 rings (SSSR count). The topological polar surface area (TPSA) is 68.5 Å². The fourth-order valence-corrected chi connectivity index (χ4v) is 4.95. The van der Waals surface area contributed by atoms with Crippen LogP contribution in [0.25, 0.3) is 0 Å². The van der Waals surface area contributed by atoms with Crippen molar-refractivity contribution in [2.45, 2.75) is 19.0 Å². The van der Waals surface area contributed by atoms with Crippen molar-refractivity contribution < 1.29 is 9.47 Å². The van der Waals surface area contributed by atoms with Gasteiger partial charge in [0, 0.05) is 44.0 Å². The third-order valence-electron chi connectivity index (χ3n) is 6.79. The Morgan fingerprint density at radius 1 is 0.806 bits per heavy atom. The van der Waals surface area contributed by atoms with Gasteiger partial charge in [0.25, 0.3) is 0 Å². The number of piperazine rings is 1. The summed E-state index contributed by atoms with van der Waals surface area (Å²) in [5.41, 5.74) is 3.51. The molecule has 0 N–H and O–H groups in total. The number of para-hydroxylation sites is 2. The first-order valence-corrected chi connectivity index (χ1v) is 12.3. The van der Waals surface area contributed by atoms with Crippen LogP contribution < -0.4 is 14.4 Å². The molecule has 2 heterocycles. The number of hydrogen-bond acceptors (Lipinski definition) is 7. The second-order valence-corrected chi connectivity index (χ2v) is 8.84. The zero-order chi connectivity index (χ0) is 24.7. The number of tetrazole rings is 1. The number of rotatable bonds is 9. The molecule has 1 aliphatic rings. The summed E-state index contributed by atoms with van der Waals surface area (Å²) in [6.07, 6.45) is 0.850. The lowest BCUT2D eigenvalue weighted by molar-refractivity contribution is 0.196. The van der Waals surface area contributed by atoms with Crippen molar-refractivity contribution in [2.24, 2.45) is 0 Å². The van der Waals surface area contributed by atoms with Crippen LogP contribution in [0.1, 0.15) is 23.0 Å². The van der Waals surface area contributed by atoms with Crippen LogP contribution in [0.2, 0.25) is 0 Å². The van der Waals surface area contributed by atoms with E-state index in [9.17, 15) is 0 Å². The summed E-state index contributed by atoms with van der Waals surface area (Å²) >= 11 is 0. The maximum absolute atomic E-state index is 5.86. The molecule has 1 saturated heterocycles. The van der Waals surface area contributed by atoms with Crippen molar-refractivity contribution in [3.63, 3.8) is 0 Å². The smallest absolute Gasteiger partial charge is 0.173 e. The molecule has 0 aliphatic carbocycles. The lowest BCUT2D eigenvalue weighted by Gasteiger charge is -2.40. The number of ether oxygens (including phenoxy) is 2. The second kappa shape index (κ2) is 11.2. The Morgan fingerprint density at radius 2 is 1.53 bits per heavy atom. The van der Waals surface area contributed by atoms with Gasteiger partial charge in [-0.05, 0) is 40.6 Å². The van der Waals surface area contributed by atoms with Crippen LogP contribution in [0, 0.1) is 0 Å². The van der Waals surface area contributed by atoms with E-state index in [0.717, 1.165) is 44.0 Å². The first-order chi connectivity index (χ1) is 17.8. The van der Waals surface area contributed by atoms with Crippen molar-refractivity contribution in [3.05, 3.63) is 95.8 Å².